The summed E-state index contributed by atoms with van der Waals surface area (Å²) < 4.78 is 0. The summed E-state index contributed by atoms with van der Waals surface area (Å²) in [5.74, 6) is 0.0900. The zero-order valence-electron chi connectivity index (χ0n) is 19.2. The van der Waals surface area contributed by atoms with Crippen molar-refractivity contribution in [1.29, 1.82) is 0 Å². The monoisotopic (exact) mass is 424 g/mol. The lowest BCUT2D eigenvalue weighted by Gasteiger charge is -2.05. The number of carbonyl (C=O) groups is 1. The standard InChI is InChI=1S/C27H40N2O2/c1-2-3-4-5-6-7-8-9-10-11-12-13-14-19-27(31)29-28-22-25-24-18-16-15-17-23(24)20-21-26(25)30/h15-18,20-22,30H,2-14,19H2,1H3,(H,29,31). The predicted molar refractivity (Wildman–Crippen MR) is 132 cm³/mol. The summed E-state index contributed by atoms with van der Waals surface area (Å²) in [4.78, 5) is 12.0. The average molecular weight is 425 g/mol. The van der Waals surface area contributed by atoms with Gasteiger partial charge in [-0.2, -0.15) is 5.10 Å². The molecule has 2 rings (SSSR count). The van der Waals surface area contributed by atoms with Crippen molar-refractivity contribution in [2.45, 2.75) is 96.8 Å². The summed E-state index contributed by atoms with van der Waals surface area (Å²) in [5, 5.41) is 16.1. The predicted octanol–water partition coefficient (Wildman–Crippen LogP) is 7.48. The first kappa shape index (κ1) is 24.9. The second-order valence-corrected chi connectivity index (χ2v) is 8.51. The van der Waals surface area contributed by atoms with Gasteiger partial charge in [-0.15, -0.1) is 0 Å². The van der Waals surface area contributed by atoms with Crippen molar-refractivity contribution in [1.82, 2.24) is 5.43 Å². The molecule has 0 unspecified atom stereocenters. The molecule has 0 radical (unpaired) electrons. The average Bonchev–Trinajstić information content (AvgIpc) is 2.78. The second-order valence-electron chi connectivity index (χ2n) is 8.51. The lowest BCUT2D eigenvalue weighted by atomic mass is 10.0. The number of hydrazone groups is 1. The highest BCUT2D eigenvalue weighted by atomic mass is 16.3. The highest BCUT2D eigenvalue weighted by molar-refractivity contribution is 6.02. The number of unbranched alkanes of at least 4 members (excludes halogenated alkanes) is 12. The number of rotatable bonds is 16. The molecule has 4 nitrogen and oxygen atoms in total. The van der Waals surface area contributed by atoms with Crippen molar-refractivity contribution in [3.8, 4) is 5.75 Å². The Bertz CT molecular complexity index is 801. The maximum Gasteiger partial charge on any atom is 0.240 e. The third kappa shape index (κ3) is 9.99. The Morgan fingerprint density at radius 3 is 2.06 bits per heavy atom. The summed E-state index contributed by atoms with van der Waals surface area (Å²) in [5.41, 5.74) is 3.21. The molecule has 2 aromatic rings. The van der Waals surface area contributed by atoms with E-state index >= 15 is 0 Å². The van der Waals surface area contributed by atoms with Gasteiger partial charge in [-0.1, -0.05) is 114 Å². The molecule has 0 saturated carbocycles. The first-order chi connectivity index (χ1) is 15.2. The molecule has 4 heteroatoms. The number of aromatic hydroxyl groups is 1. The molecule has 0 aliphatic heterocycles. The smallest absolute Gasteiger partial charge is 0.240 e. The molecule has 0 bridgehead atoms. The van der Waals surface area contributed by atoms with Crippen LogP contribution in [0.2, 0.25) is 0 Å². The quantitative estimate of drug-likeness (QED) is 0.167. The van der Waals surface area contributed by atoms with Crippen molar-refractivity contribution in [3.63, 3.8) is 0 Å². The zero-order valence-corrected chi connectivity index (χ0v) is 19.2. The van der Waals surface area contributed by atoms with Gasteiger partial charge in [-0.25, -0.2) is 5.43 Å². The van der Waals surface area contributed by atoms with Crippen LogP contribution in [0.5, 0.6) is 5.75 Å². The Hall–Kier alpha value is -2.36. The topological polar surface area (TPSA) is 61.7 Å². The number of amides is 1. The fraction of sp³-hybridized carbons (Fsp3) is 0.556. The van der Waals surface area contributed by atoms with E-state index in [0.717, 1.165) is 23.6 Å². The maximum atomic E-state index is 12.0. The molecule has 0 spiro atoms. The second kappa shape index (κ2) is 15.4. The van der Waals surface area contributed by atoms with E-state index in [1.165, 1.54) is 76.8 Å². The van der Waals surface area contributed by atoms with Crippen molar-refractivity contribution in [3.05, 3.63) is 42.0 Å². The SMILES string of the molecule is CCCCCCCCCCCCCCCC(=O)NN=Cc1c(O)ccc2ccccc12. The Labute approximate surface area is 188 Å². The van der Waals surface area contributed by atoms with Crippen LogP contribution in [0, 0.1) is 0 Å². The molecule has 0 fully saturated rings. The molecule has 0 aliphatic rings. The summed E-state index contributed by atoms with van der Waals surface area (Å²) >= 11 is 0. The van der Waals surface area contributed by atoms with E-state index in [4.69, 9.17) is 0 Å². The lowest BCUT2D eigenvalue weighted by Crippen LogP contribution is -2.16. The molecule has 0 atom stereocenters. The Morgan fingerprint density at radius 1 is 0.839 bits per heavy atom. The number of hydrogen-bond donors (Lipinski definition) is 2. The summed E-state index contributed by atoms with van der Waals surface area (Å²) in [6.45, 7) is 2.26. The number of phenols is 1. The van der Waals surface area contributed by atoms with Crippen LogP contribution in [-0.2, 0) is 4.79 Å². The molecular weight excluding hydrogens is 384 g/mol. The van der Waals surface area contributed by atoms with Gasteiger partial charge in [0.25, 0.3) is 0 Å². The first-order valence-corrected chi connectivity index (χ1v) is 12.2. The number of nitrogens with zero attached hydrogens (tertiary/aromatic N) is 1. The number of carbonyl (C=O) groups excluding carboxylic acids is 1. The number of benzene rings is 2. The van der Waals surface area contributed by atoms with E-state index in [2.05, 4.69) is 17.5 Å². The molecule has 0 aliphatic carbocycles. The molecule has 0 aromatic heterocycles. The fourth-order valence-corrected chi connectivity index (χ4v) is 3.95. The number of hydrogen-bond acceptors (Lipinski definition) is 3. The van der Waals surface area contributed by atoms with Gasteiger partial charge in [-0.3, -0.25) is 4.79 Å². The van der Waals surface area contributed by atoms with Gasteiger partial charge in [0, 0.05) is 12.0 Å². The third-order valence-electron chi connectivity index (χ3n) is 5.84. The van der Waals surface area contributed by atoms with Crippen LogP contribution >= 0.6 is 0 Å². The largest absolute Gasteiger partial charge is 0.507 e. The van der Waals surface area contributed by atoms with E-state index in [1.54, 1.807) is 6.07 Å². The van der Waals surface area contributed by atoms with Gasteiger partial charge in [0.15, 0.2) is 0 Å². The molecule has 1 amide bonds. The number of nitrogens with one attached hydrogen (secondary N) is 1. The first-order valence-electron chi connectivity index (χ1n) is 12.2. The van der Waals surface area contributed by atoms with E-state index < -0.39 is 0 Å². The van der Waals surface area contributed by atoms with Gasteiger partial charge in [-0.05, 0) is 23.3 Å². The number of fused-ring (bicyclic) bond motifs is 1. The van der Waals surface area contributed by atoms with Crippen molar-refractivity contribution >= 4 is 22.9 Å². The van der Waals surface area contributed by atoms with Crippen LogP contribution in [0.1, 0.15) is 102 Å². The van der Waals surface area contributed by atoms with Gasteiger partial charge >= 0.3 is 0 Å². The van der Waals surface area contributed by atoms with Crippen LogP contribution in [0.3, 0.4) is 0 Å². The Morgan fingerprint density at radius 2 is 1.42 bits per heavy atom. The lowest BCUT2D eigenvalue weighted by molar-refractivity contribution is -0.121. The van der Waals surface area contributed by atoms with E-state index in [9.17, 15) is 9.90 Å². The van der Waals surface area contributed by atoms with E-state index in [0.29, 0.717) is 12.0 Å². The summed E-state index contributed by atoms with van der Waals surface area (Å²) in [6, 6.07) is 11.3. The third-order valence-corrected chi connectivity index (χ3v) is 5.84. The molecular formula is C27H40N2O2. The minimum Gasteiger partial charge on any atom is -0.507 e. The molecule has 0 heterocycles. The van der Waals surface area contributed by atoms with Crippen LogP contribution in [0.4, 0.5) is 0 Å². The van der Waals surface area contributed by atoms with E-state index in [-0.39, 0.29) is 11.7 Å². The molecule has 170 valence electrons. The molecule has 31 heavy (non-hydrogen) atoms. The molecule has 0 saturated heterocycles. The van der Waals surface area contributed by atoms with Crippen molar-refractivity contribution in [2.24, 2.45) is 5.10 Å². The molecule has 2 N–H and O–H groups in total. The zero-order chi connectivity index (χ0) is 22.2. The van der Waals surface area contributed by atoms with Crippen LogP contribution < -0.4 is 5.43 Å². The fourth-order valence-electron chi connectivity index (χ4n) is 3.95. The minimum atomic E-state index is -0.0703. The Balaban J connectivity index is 1.51. The number of phenolic OH excluding ortho intramolecular Hbond substituents is 1. The van der Waals surface area contributed by atoms with Gasteiger partial charge in [0.2, 0.25) is 5.91 Å². The summed E-state index contributed by atoms with van der Waals surface area (Å²) in [7, 11) is 0. The van der Waals surface area contributed by atoms with Gasteiger partial charge in [0.1, 0.15) is 5.75 Å². The van der Waals surface area contributed by atoms with Gasteiger partial charge < -0.3 is 5.11 Å². The molecule has 2 aromatic carbocycles. The van der Waals surface area contributed by atoms with Crippen LogP contribution in [0.15, 0.2) is 41.5 Å². The highest BCUT2D eigenvalue weighted by Crippen LogP contribution is 2.25. The van der Waals surface area contributed by atoms with Crippen LogP contribution in [-0.4, -0.2) is 17.2 Å². The van der Waals surface area contributed by atoms with Crippen LogP contribution in [0.25, 0.3) is 10.8 Å². The summed E-state index contributed by atoms with van der Waals surface area (Å²) in [6.07, 6.45) is 18.9. The minimum absolute atomic E-state index is 0.0703. The Kier molecular flexibility index (Phi) is 12.4. The maximum absolute atomic E-state index is 12.0. The van der Waals surface area contributed by atoms with Gasteiger partial charge in [0.05, 0.1) is 6.21 Å². The highest BCUT2D eigenvalue weighted by Gasteiger charge is 2.05. The van der Waals surface area contributed by atoms with Crippen molar-refractivity contribution < 1.29 is 9.90 Å². The van der Waals surface area contributed by atoms with E-state index in [1.807, 2.05) is 30.3 Å². The normalized spacial score (nSPS) is 11.4. The van der Waals surface area contributed by atoms with Crippen molar-refractivity contribution in [2.75, 3.05) is 0 Å².